The summed E-state index contributed by atoms with van der Waals surface area (Å²) in [5.41, 5.74) is 4.50. The number of carbonyl (C=O) groups excluding carboxylic acids is 1. The summed E-state index contributed by atoms with van der Waals surface area (Å²) in [6.07, 6.45) is 3.65. The number of nitrogens with two attached hydrogens (primary N) is 1. The maximum Gasteiger partial charge on any atom is 0.135 e. The van der Waals surface area contributed by atoms with Gasteiger partial charge in [-0.05, 0) is 25.8 Å². The summed E-state index contributed by atoms with van der Waals surface area (Å²) < 4.78 is 5.23. The van der Waals surface area contributed by atoms with Crippen LogP contribution in [-0.2, 0) is 9.53 Å². The van der Waals surface area contributed by atoms with Crippen molar-refractivity contribution in [1.82, 2.24) is 0 Å². The van der Waals surface area contributed by atoms with Gasteiger partial charge in [-0.15, -0.1) is 0 Å². The first-order valence-electron chi connectivity index (χ1n) is 6.05. The highest BCUT2D eigenvalue weighted by Crippen LogP contribution is 2.20. The number of aliphatic hydroxyl groups excluding tert-OH is 1. The van der Waals surface area contributed by atoms with Crippen molar-refractivity contribution in [2.75, 3.05) is 20.3 Å². The Morgan fingerprint density at radius 3 is 2.24 bits per heavy atom. The third-order valence-electron chi connectivity index (χ3n) is 2.47. The van der Waals surface area contributed by atoms with Crippen LogP contribution in [0.5, 0.6) is 0 Å². The molecule has 0 bridgehead atoms. The van der Waals surface area contributed by atoms with E-state index in [1.54, 1.807) is 0 Å². The Labute approximate surface area is 105 Å². The van der Waals surface area contributed by atoms with Crippen LogP contribution in [0, 0.1) is 11.8 Å². The van der Waals surface area contributed by atoms with Crippen molar-refractivity contribution >= 4 is 5.78 Å². The SMILES string of the molecule is C=CO.CC(C)C(=O)CC1CCOCC1.CN. The third-order valence-corrected chi connectivity index (χ3v) is 2.47. The van der Waals surface area contributed by atoms with E-state index in [4.69, 9.17) is 9.84 Å². The molecule has 0 amide bonds. The fourth-order valence-electron chi connectivity index (χ4n) is 1.47. The summed E-state index contributed by atoms with van der Waals surface area (Å²) in [5, 5.41) is 7.33. The zero-order valence-electron chi connectivity index (χ0n) is 11.3. The number of hydrogen-bond donors (Lipinski definition) is 2. The minimum Gasteiger partial charge on any atom is -0.516 e. The molecule has 1 saturated heterocycles. The molecule has 1 fully saturated rings. The third kappa shape index (κ3) is 11.4. The lowest BCUT2D eigenvalue weighted by atomic mass is 9.91. The van der Waals surface area contributed by atoms with Crippen molar-refractivity contribution in [2.45, 2.75) is 33.1 Å². The van der Waals surface area contributed by atoms with E-state index in [1.807, 2.05) is 13.8 Å². The van der Waals surface area contributed by atoms with Gasteiger partial charge in [0.1, 0.15) is 5.78 Å². The molecule has 3 N–H and O–H groups in total. The Bertz CT molecular complexity index is 187. The quantitative estimate of drug-likeness (QED) is 0.748. The molecule has 0 aromatic carbocycles. The van der Waals surface area contributed by atoms with Crippen molar-refractivity contribution in [2.24, 2.45) is 17.6 Å². The van der Waals surface area contributed by atoms with Gasteiger partial charge >= 0.3 is 0 Å². The second-order valence-corrected chi connectivity index (χ2v) is 4.06. The van der Waals surface area contributed by atoms with Gasteiger partial charge in [0.15, 0.2) is 0 Å². The number of aliphatic hydroxyl groups is 1. The number of ether oxygens (including phenoxy) is 1. The maximum absolute atomic E-state index is 11.4. The molecule has 4 nitrogen and oxygen atoms in total. The van der Waals surface area contributed by atoms with Crippen LogP contribution in [0.1, 0.15) is 33.1 Å². The molecule has 1 aliphatic heterocycles. The van der Waals surface area contributed by atoms with Crippen LogP contribution in [0.25, 0.3) is 0 Å². The van der Waals surface area contributed by atoms with E-state index in [-0.39, 0.29) is 5.92 Å². The standard InChI is InChI=1S/C10H18O2.C2H4O.CH5N/c1-8(2)10(11)7-9-3-5-12-6-4-9;1-2-3;1-2/h8-9H,3-7H2,1-2H3;2-3H,1H2;2H2,1H3. The van der Waals surface area contributed by atoms with Gasteiger partial charge in [0, 0.05) is 25.6 Å². The number of rotatable bonds is 3. The van der Waals surface area contributed by atoms with E-state index in [9.17, 15) is 4.79 Å². The van der Waals surface area contributed by atoms with Crippen LogP contribution >= 0.6 is 0 Å². The Kier molecular flexibility index (Phi) is 14.4. The molecule has 1 heterocycles. The van der Waals surface area contributed by atoms with E-state index in [0.717, 1.165) is 38.7 Å². The molecule has 1 rings (SSSR count). The summed E-state index contributed by atoms with van der Waals surface area (Å²) in [7, 11) is 1.50. The summed E-state index contributed by atoms with van der Waals surface area (Å²) in [6, 6.07) is 0. The highest BCUT2D eigenvalue weighted by molar-refractivity contribution is 5.80. The maximum atomic E-state index is 11.4. The van der Waals surface area contributed by atoms with Gasteiger partial charge in [-0.25, -0.2) is 0 Å². The molecule has 0 aromatic rings. The van der Waals surface area contributed by atoms with Gasteiger partial charge in [-0.2, -0.15) is 0 Å². The van der Waals surface area contributed by atoms with Crippen molar-refractivity contribution in [3.63, 3.8) is 0 Å². The first-order valence-corrected chi connectivity index (χ1v) is 6.05. The highest BCUT2D eigenvalue weighted by atomic mass is 16.5. The molecule has 1 aliphatic rings. The fraction of sp³-hybridized carbons (Fsp3) is 0.769. The lowest BCUT2D eigenvalue weighted by molar-refractivity contribution is -0.123. The van der Waals surface area contributed by atoms with Crippen LogP contribution in [0.4, 0.5) is 0 Å². The van der Waals surface area contributed by atoms with E-state index in [2.05, 4.69) is 12.3 Å². The Morgan fingerprint density at radius 1 is 1.47 bits per heavy atom. The molecular formula is C13H27NO3. The van der Waals surface area contributed by atoms with Gasteiger partial charge in [-0.1, -0.05) is 20.4 Å². The van der Waals surface area contributed by atoms with Crippen LogP contribution in [-0.4, -0.2) is 31.2 Å². The minimum absolute atomic E-state index is 0.202. The summed E-state index contributed by atoms with van der Waals surface area (Å²) in [6.45, 7) is 8.55. The van der Waals surface area contributed by atoms with Crippen LogP contribution in [0.2, 0.25) is 0 Å². The second-order valence-electron chi connectivity index (χ2n) is 4.06. The fourth-order valence-corrected chi connectivity index (χ4v) is 1.47. The summed E-state index contributed by atoms with van der Waals surface area (Å²) >= 11 is 0. The van der Waals surface area contributed by atoms with Gasteiger partial charge in [0.2, 0.25) is 0 Å². The topological polar surface area (TPSA) is 72.5 Å². The second kappa shape index (κ2) is 13.2. The van der Waals surface area contributed by atoms with Crippen LogP contribution in [0.3, 0.4) is 0 Å². The molecule has 0 radical (unpaired) electrons. The Morgan fingerprint density at radius 2 is 1.88 bits per heavy atom. The lowest BCUT2D eigenvalue weighted by Crippen LogP contribution is -2.20. The number of carbonyl (C=O) groups is 1. The van der Waals surface area contributed by atoms with Gasteiger partial charge in [0.25, 0.3) is 0 Å². The predicted octanol–water partition coefficient (Wildman–Crippen LogP) is 2.29. The average molecular weight is 245 g/mol. The number of Topliss-reactive ketones (excluding diaryl/α,β-unsaturated/α-hetero) is 1. The molecule has 0 aliphatic carbocycles. The largest absolute Gasteiger partial charge is 0.516 e. The molecule has 0 saturated carbocycles. The molecule has 4 heteroatoms. The van der Waals surface area contributed by atoms with E-state index < -0.39 is 0 Å². The molecule has 102 valence electrons. The zero-order chi connectivity index (χ0) is 13.7. The molecule has 17 heavy (non-hydrogen) atoms. The highest BCUT2D eigenvalue weighted by Gasteiger charge is 2.18. The summed E-state index contributed by atoms with van der Waals surface area (Å²) in [5.74, 6) is 1.20. The zero-order valence-corrected chi connectivity index (χ0v) is 11.3. The average Bonchev–Trinajstić information content (AvgIpc) is 2.34. The monoisotopic (exact) mass is 245 g/mol. The van der Waals surface area contributed by atoms with E-state index in [1.165, 1.54) is 7.05 Å². The Hall–Kier alpha value is -0.870. The molecular weight excluding hydrogens is 218 g/mol. The van der Waals surface area contributed by atoms with Gasteiger partial charge in [-0.3, -0.25) is 4.79 Å². The molecule has 0 unspecified atom stereocenters. The molecule has 0 atom stereocenters. The molecule has 0 spiro atoms. The van der Waals surface area contributed by atoms with Crippen molar-refractivity contribution in [3.05, 3.63) is 12.8 Å². The van der Waals surface area contributed by atoms with Crippen molar-refractivity contribution in [1.29, 1.82) is 0 Å². The summed E-state index contributed by atoms with van der Waals surface area (Å²) in [4.78, 5) is 11.4. The van der Waals surface area contributed by atoms with Gasteiger partial charge in [0.05, 0.1) is 6.26 Å². The first kappa shape index (κ1) is 18.5. The van der Waals surface area contributed by atoms with Gasteiger partial charge < -0.3 is 15.6 Å². The number of ketones is 1. The normalized spacial score (nSPS) is 15.1. The van der Waals surface area contributed by atoms with Crippen LogP contribution < -0.4 is 5.73 Å². The van der Waals surface area contributed by atoms with Crippen LogP contribution in [0.15, 0.2) is 12.8 Å². The van der Waals surface area contributed by atoms with E-state index in [0.29, 0.717) is 11.7 Å². The van der Waals surface area contributed by atoms with Crippen molar-refractivity contribution < 1.29 is 14.6 Å². The lowest BCUT2D eigenvalue weighted by Gasteiger charge is -2.21. The number of hydrogen-bond acceptors (Lipinski definition) is 4. The minimum atomic E-state index is 0.202. The Balaban J connectivity index is 0. The predicted molar refractivity (Wildman–Crippen MR) is 70.9 cm³/mol. The first-order chi connectivity index (χ1) is 8.11. The van der Waals surface area contributed by atoms with E-state index >= 15 is 0 Å². The molecule has 0 aromatic heterocycles. The van der Waals surface area contributed by atoms with Crippen molar-refractivity contribution in [3.8, 4) is 0 Å². The smallest absolute Gasteiger partial charge is 0.135 e.